The minimum absolute atomic E-state index is 0.432. The third-order valence-electron chi connectivity index (χ3n) is 2.86. The molecule has 0 aliphatic heterocycles. The molecule has 1 N–H and O–H groups in total. The molecule has 1 aromatic carbocycles. The second kappa shape index (κ2) is 6.54. The molecule has 1 aromatic rings. The summed E-state index contributed by atoms with van der Waals surface area (Å²) in [6.45, 7) is 3.40. The number of nitrogens with zero attached hydrogens (tertiary/aromatic N) is 1. The van der Waals surface area contributed by atoms with E-state index < -0.39 is 0 Å². The van der Waals surface area contributed by atoms with Crippen molar-refractivity contribution in [3.8, 4) is 5.75 Å². The number of benzene rings is 1. The van der Waals surface area contributed by atoms with E-state index in [1.165, 1.54) is 12.8 Å². The Balaban J connectivity index is 2.34. The van der Waals surface area contributed by atoms with Gasteiger partial charge < -0.3 is 10.0 Å². The second-order valence-electron chi connectivity index (χ2n) is 4.88. The molecule has 0 aromatic heterocycles. The normalized spacial score (nSPS) is 13.0. The van der Waals surface area contributed by atoms with Gasteiger partial charge in [0.2, 0.25) is 0 Å². The van der Waals surface area contributed by atoms with Crippen LogP contribution in [0, 0.1) is 5.92 Å². The third-order valence-corrected chi connectivity index (χ3v) is 2.86. The molecule has 0 saturated heterocycles. The average molecular weight is 221 g/mol. The van der Waals surface area contributed by atoms with Crippen LogP contribution in [0.5, 0.6) is 5.75 Å². The van der Waals surface area contributed by atoms with Crippen molar-refractivity contribution in [3.05, 3.63) is 29.8 Å². The van der Waals surface area contributed by atoms with Crippen LogP contribution in [-0.4, -0.2) is 30.6 Å². The summed E-state index contributed by atoms with van der Waals surface area (Å²) in [6, 6.07) is 7.64. The van der Waals surface area contributed by atoms with Crippen LogP contribution in [0.1, 0.15) is 25.3 Å². The van der Waals surface area contributed by atoms with Gasteiger partial charge in [-0.05, 0) is 57.5 Å². The predicted octanol–water partition coefficient (Wildman–Crippen LogP) is 2.91. The van der Waals surface area contributed by atoms with Gasteiger partial charge in [-0.3, -0.25) is 0 Å². The molecule has 0 unspecified atom stereocenters. The van der Waals surface area contributed by atoms with Crippen LogP contribution in [0.2, 0.25) is 0 Å². The lowest BCUT2D eigenvalue weighted by atomic mass is 9.96. The summed E-state index contributed by atoms with van der Waals surface area (Å²) in [4.78, 5) is 2.21. The minimum Gasteiger partial charge on any atom is -0.508 e. The van der Waals surface area contributed by atoms with Crippen molar-refractivity contribution < 1.29 is 5.11 Å². The SMILES string of the molecule is C[C@H](CCCN(C)C)Cc1ccccc1O. The highest BCUT2D eigenvalue weighted by atomic mass is 16.3. The van der Waals surface area contributed by atoms with Gasteiger partial charge in [0.1, 0.15) is 5.75 Å². The first-order chi connectivity index (χ1) is 7.59. The van der Waals surface area contributed by atoms with Crippen molar-refractivity contribution in [3.63, 3.8) is 0 Å². The molecule has 0 radical (unpaired) electrons. The van der Waals surface area contributed by atoms with Crippen LogP contribution >= 0.6 is 0 Å². The molecule has 1 atom stereocenters. The van der Waals surface area contributed by atoms with Gasteiger partial charge in [-0.1, -0.05) is 25.1 Å². The molecule has 0 aliphatic carbocycles. The lowest BCUT2D eigenvalue weighted by molar-refractivity contribution is 0.370. The van der Waals surface area contributed by atoms with E-state index in [0.717, 1.165) is 18.5 Å². The third kappa shape index (κ3) is 4.67. The molecule has 16 heavy (non-hydrogen) atoms. The lowest BCUT2D eigenvalue weighted by Gasteiger charge is -2.14. The number of hydrogen-bond acceptors (Lipinski definition) is 2. The summed E-state index contributed by atoms with van der Waals surface area (Å²) in [7, 11) is 4.21. The fraction of sp³-hybridized carbons (Fsp3) is 0.571. The van der Waals surface area contributed by atoms with Crippen LogP contribution in [0.15, 0.2) is 24.3 Å². The largest absolute Gasteiger partial charge is 0.508 e. The van der Waals surface area contributed by atoms with Crippen LogP contribution in [0.4, 0.5) is 0 Å². The first-order valence-electron chi connectivity index (χ1n) is 6.01. The fourth-order valence-electron chi connectivity index (χ4n) is 1.92. The van der Waals surface area contributed by atoms with Crippen LogP contribution in [0.25, 0.3) is 0 Å². The van der Waals surface area contributed by atoms with Gasteiger partial charge in [0, 0.05) is 0 Å². The molecule has 1 rings (SSSR count). The maximum absolute atomic E-state index is 9.66. The maximum Gasteiger partial charge on any atom is 0.118 e. The van der Waals surface area contributed by atoms with Crippen molar-refractivity contribution in [1.29, 1.82) is 0 Å². The summed E-state index contributed by atoms with van der Waals surface area (Å²) < 4.78 is 0. The van der Waals surface area contributed by atoms with E-state index in [1.54, 1.807) is 6.07 Å². The average Bonchev–Trinajstić information content (AvgIpc) is 2.21. The van der Waals surface area contributed by atoms with Crippen LogP contribution < -0.4 is 0 Å². The lowest BCUT2D eigenvalue weighted by Crippen LogP contribution is -2.14. The molecule has 2 nitrogen and oxygen atoms in total. The molecule has 0 spiro atoms. The van der Waals surface area contributed by atoms with Crippen molar-refractivity contribution in [1.82, 2.24) is 4.90 Å². The summed E-state index contributed by atoms with van der Waals surface area (Å²) in [6.07, 6.45) is 3.41. The van der Waals surface area contributed by atoms with E-state index in [-0.39, 0.29) is 0 Å². The van der Waals surface area contributed by atoms with Crippen LogP contribution in [0.3, 0.4) is 0 Å². The van der Waals surface area contributed by atoms with E-state index in [9.17, 15) is 5.11 Å². The Kier molecular flexibility index (Phi) is 5.33. The number of para-hydroxylation sites is 1. The second-order valence-corrected chi connectivity index (χ2v) is 4.88. The molecule has 0 heterocycles. The Labute approximate surface area is 98.9 Å². The van der Waals surface area contributed by atoms with E-state index in [4.69, 9.17) is 0 Å². The number of aromatic hydroxyl groups is 1. The molecule has 0 amide bonds. The number of phenols is 1. The molecular weight excluding hydrogens is 198 g/mol. The van der Waals surface area contributed by atoms with Crippen molar-refractivity contribution in [2.24, 2.45) is 5.92 Å². The van der Waals surface area contributed by atoms with E-state index in [1.807, 2.05) is 18.2 Å². The van der Waals surface area contributed by atoms with E-state index in [2.05, 4.69) is 25.9 Å². The van der Waals surface area contributed by atoms with Crippen LogP contribution in [-0.2, 0) is 6.42 Å². The Bertz CT molecular complexity index is 309. The van der Waals surface area contributed by atoms with Gasteiger partial charge in [-0.15, -0.1) is 0 Å². The zero-order valence-electron chi connectivity index (χ0n) is 10.6. The topological polar surface area (TPSA) is 23.5 Å². The monoisotopic (exact) mass is 221 g/mol. The van der Waals surface area contributed by atoms with Gasteiger partial charge in [-0.2, -0.15) is 0 Å². The molecule has 2 heteroatoms. The van der Waals surface area contributed by atoms with Crippen molar-refractivity contribution >= 4 is 0 Å². The summed E-state index contributed by atoms with van der Waals surface area (Å²) in [5, 5.41) is 9.66. The molecule has 90 valence electrons. The molecule has 0 aliphatic rings. The Morgan fingerprint density at radius 2 is 1.94 bits per heavy atom. The van der Waals surface area contributed by atoms with Crippen molar-refractivity contribution in [2.45, 2.75) is 26.2 Å². The summed E-state index contributed by atoms with van der Waals surface area (Å²) >= 11 is 0. The first-order valence-corrected chi connectivity index (χ1v) is 6.01. The van der Waals surface area contributed by atoms with E-state index in [0.29, 0.717) is 11.7 Å². The Morgan fingerprint density at radius 1 is 1.25 bits per heavy atom. The molecule has 0 bridgehead atoms. The quantitative estimate of drug-likeness (QED) is 0.798. The zero-order valence-corrected chi connectivity index (χ0v) is 10.6. The summed E-state index contributed by atoms with van der Waals surface area (Å²) in [5.74, 6) is 1.07. The predicted molar refractivity (Wildman–Crippen MR) is 68.8 cm³/mol. The van der Waals surface area contributed by atoms with Gasteiger partial charge in [0.25, 0.3) is 0 Å². The fourth-order valence-corrected chi connectivity index (χ4v) is 1.92. The molecule has 0 saturated carbocycles. The number of phenolic OH excluding ortho intramolecular Hbond substituents is 1. The smallest absolute Gasteiger partial charge is 0.118 e. The Hall–Kier alpha value is -1.02. The highest BCUT2D eigenvalue weighted by molar-refractivity contribution is 5.31. The number of hydrogen-bond donors (Lipinski definition) is 1. The highest BCUT2D eigenvalue weighted by Gasteiger charge is 2.06. The minimum atomic E-state index is 0.432. The standard InChI is InChI=1S/C14H23NO/c1-12(7-6-10-15(2)3)11-13-8-4-5-9-14(13)16/h4-5,8-9,12,16H,6-7,10-11H2,1-3H3/t12-/m1/s1. The van der Waals surface area contributed by atoms with Gasteiger partial charge in [0.05, 0.1) is 0 Å². The first kappa shape index (κ1) is 13.0. The van der Waals surface area contributed by atoms with E-state index >= 15 is 0 Å². The van der Waals surface area contributed by atoms with Crippen molar-refractivity contribution in [2.75, 3.05) is 20.6 Å². The highest BCUT2D eigenvalue weighted by Crippen LogP contribution is 2.21. The number of rotatable bonds is 6. The summed E-state index contributed by atoms with van der Waals surface area (Å²) in [5.41, 5.74) is 1.07. The Morgan fingerprint density at radius 3 is 2.56 bits per heavy atom. The zero-order chi connectivity index (χ0) is 12.0. The van der Waals surface area contributed by atoms with Gasteiger partial charge in [0.15, 0.2) is 0 Å². The molecule has 0 fully saturated rings. The van der Waals surface area contributed by atoms with Gasteiger partial charge in [-0.25, -0.2) is 0 Å². The van der Waals surface area contributed by atoms with Gasteiger partial charge >= 0.3 is 0 Å². The maximum atomic E-state index is 9.66. The molecular formula is C14H23NO.